The van der Waals surface area contributed by atoms with E-state index >= 15 is 0 Å². The smallest absolute Gasteiger partial charge is 0.0386 e. The summed E-state index contributed by atoms with van der Waals surface area (Å²) in [6.45, 7) is 12.6. The van der Waals surface area contributed by atoms with Crippen LogP contribution in [0.4, 0.5) is 0 Å². The molecule has 0 aliphatic heterocycles. The average molecular weight is 188 g/mol. The highest BCUT2D eigenvalue weighted by molar-refractivity contribution is 5.18. The fraction of sp³-hybridized carbons (Fsp3) is 0.571. The molecule has 0 spiro atoms. The van der Waals surface area contributed by atoms with E-state index in [-0.39, 0.29) is 10.8 Å². The third kappa shape index (κ3) is 10.9. The van der Waals surface area contributed by atoms with E-state index in [1.165, 1.54) is 0 Å². The van der Waals surface area contributed by atoms with Crippen molar-refractivity contribution in [3.8, 4) is 11.8 Å². The van der Waals surface area contributed by atoms with Crippen molar-refractivity contribution in [2.45, 2.75) is 41.5 Å². The molecule has 0 bridgehead atoms. The summed E-state index contributed by atoms with van der Waals surface area (Å²) in [5.41, 5.74) is 6.12. The van der Waals surface area contributed by atoms with Crippen molar-refractivity contribution in [1.29, 1.82) is 0 Å². The Hall–Kier alpha value is -1.14. The Labute approximate surface area is 88.4 Å². The second-order valence-corrected chi connectivity index (χ2v) is 5.46. The Bertz CT molecular complexity index is 319. The Morgan fingerprint density at radius 2 is 1.43 bits per heavy atom. The van der Waals surface area contributed by atoms with Gasteiger partial charge in [-0.2, -0.15) is 0 Å². The first-order valence-electron chi connectivity index (χ1n) is 4.90. The number of hydrogen-bond donors (Lipinski definition) is 0. The standard InChI is InChI=1S/C14H20/c1-13(2,3)11-9-7-8-10-12-14(4,5)6/h7,12H,1-6H3. The number of rotatable bonds is 0. The maximum Gasteiger partial charge on any atom is 0.0386 e. The van der Waals surface area contributed by atoms with Crippen molar-refractivity contribution in [1.82, 2.24) is 0 Å². The topological polar surface area (TPSA) is 0 Å². The zero-order valence-electron chi connectivity index (χ0n) is 10.2. The fourth-order valence-electron chi connectivity index (χ4n) is 0.589. The van der Waals surface area contributed by atoms with Gasteiger partial charge in [-0.25, -0.2) is 0 Å². The third-order valence-electron chi connectivity index (χ3n) is 1.18. The average Bonchev–Trinajstić information content (AvgIpc) is 1.92. The fourth-order valence-corrected chi connectivity index (χ4v) is 0.589. The zero-order chi connectivity index (χ0) is 11.2. The minimum absolute atomic E-state index is 0.0614. The Balaban J connectivity index is 4.46. The van der Waals surface area contributed by atoms with Gasteiger partial charge in [-0.15, -0.1) is 0 Å². The van der Waals surface area contributed by atoms with Crippen LogP contribution in [-0.2, 0) is 0 Å². The maximum atomic E-state index is 3.10. The lowest BCUT2D eigenvalue weighted by molar-refractivity contribution is 0.545. The van der Waals surface area contributed by atoms with Gasteiger partial charge in [-0.1, -0.05) is 44.1 Å². The summed E-state index contributed by atoms with van der Waals surface area (Å²) < 4.78 is 0. The molecule has 0 nitrogen and oxygen atoms in total. The molecule has 0 rings (SSSR count). The molecule has 0 aromatic rings. The molecular formula is C14H20. The van der Waals surface area contributed by atoms with Crippen LogP contribution in [0, 0.1) is 22.7 Å². The molecule has 0 aromatic heterocycles. The molecule has 0 amide bonds. The second kappa shape index (κ2) is 4.92. The van der Waals surface area contributed by atoms with Crippen molar-refractivity contribution < 1.29 is 0 Å². The van der Waals surface area contributed by atoms with E-state index in [1.54, 1.807) is 6.08 Å². The van der Waals surface area contributed by atoms with E-state index in [2.05, 4.69) is 64.8 Å². The predicted octanol–water partition coefficient (Wildman–Crippen LogP) is 3.95. The first kappa shape index (κ1) is 12.9. The van der Waals surface area contributed by atoms with Crippen LogP contribution in [0.25, 0.3) is 0 Å². The van der Waals surface area contributed by atoms with Crippen LogP contribution in [0.2, 0.25) is 0 Å². The third-order valence-corrected chi connectivity index (χ3v) is 1.18. The second-order valence-electron chi connectivity index (χ2n) is 5.46. The lowest BCUT2D eigenvalue weighted by atomic mass is 9.97. The SMILES string of the molecule is CC(C)(C)C#CC=C=C=CC(C)(C)C. The van der Waals surface area contributed by atoms with Gasteiger partial charge in [0.2, 0.25) is 0 Å². The van der Waals surface area contributed by atoms with Crippen LogP contribution < -0.4 is 0 Å². The highest BCUT2D eigenvalue weighted by Gasteiger charge is 2.02. The lowest BCUT2D eigenvalue weighted by Crippen LogP contribution is -1.98. The van der Waals surface area contributed by atoms with Crippen molar-refractivity contribution in [2.75, 3.05) is 0 Å². The summed E-state index contributed by atoms with van der Waals surface area (Å²) in [7, 11) is 0. The molecule has 14 heavy (non-hydrogen) atoms. The van der Waals surface area contributed by atoms with Crippen molar-refractivity contribution in [2.24, 2.45) is 10.8 Å². The van der Waals surface area contributed by atoms with Crippen LogP contribution in [0.5, 0.6) is 0 Å². The van der Waals surface area contributed by atoms with Gasteiger partial charge in [0.05, 0.1) is 0 Å². The molecule has 0 saturated carbocycles. The molecule has 0 radical (unpaired) electrons. The summed E-state index contributed by atoms with van der Waals surface area (Å²) in [6, 6.07) is 0. The van der Waals surface area contributed by atoms with E-state index in [0.717, 1.165) is 0 Å². The number of hydrogen-bond acceptors (Lipinski definition) is 0. The summed E-state index contributed by atoms with van der Waals surface area (Å²) in [5.74, 6) is 6.04. The van der Waals surface area contributed by atoms with Gasteiger partial charge in [-0.05, 0) is 32.3 Å². The quantitative estimate of drug-likeness (QED) is 0.399. The number of allylic oxidation sites excluding steroid dienone is 2. The molecule has 0 heteroatoms. The summed E-state index contributed by atoms with van der Waals surface area (Å²) >= 11 is 0. The van der Waals surface area contributed by atoms with E-state index in [9.17, 15) is 0 Å². The molecule has 0 atom stereocenters. The minimum atomic E-state index is 0.0614. The highest BCUT2D eigenvalue weighted by atomic mass is 14.1. The molecule has 0 aliphatic carbocycles. The maximum absolute atomic E-state index is 3.10. The van der Waals surface area contributed by atoms with Crippen LogP contribution in [0.1, 0.15) is 41.5 Å². The minimum Gasteiger partial charge on any atom is -0.0919 e. The Kier molecular flexibility index (Phi) is 4.52. The van der Waals surface area contributed by atoms with Gasteiger partial charge < -0.3 is 0 Å². The first-order chi connectivity index (χ1) is 6.21. The van der Waals surface area contributed by atoms with Crippen LogP contribution in [0.3, 0.4) is 0 Å². The highest BCUT2D eigenvalue weighted by Crippen LogP contribution is 2.12. The van der Waals surface area contributed by atoms with Crippen LogP contribution >= 0.6 is 0 Å². The molecule has 0 fully saturated rings. The molecule has 0 unspecified atom stereocenters. The van der Waals surface area contributed by atoms with Crippen LogP contribution in [0.15, 0.2) is 23.6 Å². The molecule has 0 saturated heterocycles. The largest absolute Gasteiger partial charge is 0.0919 e. The van der Waals surface area contributed by atoms with E-state index in [0.29, 0.717) is 0 Å². The normalized spacial score (nSPS) is 10.4. The van der Waals surface area contributed by atoms with E-state index < -0.39 is 0 Å². The van der Waals surface area contributed by atoms with Gasteiger partial charge in [0.15, 0.2) is 0 Å². The van der Waals surface area contributed by atoms with Crippen molar-refractivity contribution in [3.05, 3.63) is 23.6 Å². The molecule has 0 heterocycles. The van der Waals surface area contributed by atoms with Gasteiger partial charge in [0, 0.05) is 11.5 Å². The lowest BCUT2D eigenvalue weighted by Gasteiger charge is -2.07. The molecule has 0 aromatic carbocycles. The van der Waals surface area contributed by atoms with Gasteiger partial charge in [0.1, 0.15) is 0 Å². The molecular weight excluding hydrogens is 168 g/mol. The molecule has 0 aliphatic rings. The van der Waals surface area contributed by atoms with Crippen molar-refractivity contribution >= 4 is 0 Å². The monoisotopic (exact) mass is 188 g/mol. The van der Waals surface area contributed by atoms with E-state index in [4.69, 9.17) is 0 Å². The molecule has 0 N–H and O–H groups in total. The first-order valence-corrected chi connectivity index (χ1v) is 4.90. The molecule has 76 valence electrons. The Morgan fingerprint density at radius 1 is 0.857 bits per heavy atom. The van der Waals surface area contributed by atoms with Gasteiger partial charge in [0.25, 0.3) is 0 Å². The summed E-state index contributed by atoms with van der Waals surface area (Å²) in [4.78, 5) is 0. The van der Waals surface area contributed by atoms with Gasteiger partial charge >= 0.3 is 0 Å². The zero-order valence-corrected chi connectivity index (χ0v) is 10.2. The van der Waals surface area contributed by atoms with E-state index in [1.807, 2.05) is 6.08 Å². The van der Waals surface area contributed by atoms with Gasteiger partial charge in [-0.3, -0.25) is 0 Å². The summed E-state index contributed by atoms with van der Waals surface area (Å²) in [6.07, 6.45) is 3.70. The Morgan fingerprint density at radius 3 is 1.86 bits per heavy atom. The summed E-state index contributed by atoms with van der Waals surface area (Å²) in [5, 5.41) is 0. The predicted molar refractivity (Wildman–Crippen MR) is 62.9 cm³/mol. The van der Waals surface area contributed by atoms with Crippen molar-refractivity contribution in [3.63, 3.8) is 0 Å². The van der Waals surface area contributed by atoms with Crippen LogP contribution in [-0.4, -0.2) is 0 Å².